The van der Waals surface area contributed by atoms with E-state index in [9.17, 15) is 4.79 Å². The van der Waals surface area contributed by atoms with Crippen LogP contribution in [0.2, 0.25) is 0 Å². The summed E-state index contributed by atoms with van der Waals surface area (Å²) >= 11 is 0. The van der Waals surface area contributed by atoms with Crippen molar-refractivity contribution in [3.63, 3.8) is 0 Å². The van der Waals surface area contributed by atoms with Crippen LogP contribution in [0.3, 0.4) is 0 Å². The second-order valence-corrected chi connectivity index (χ2v) is 7.72. The molecule has 0 spiro atoms. The first-order valence-electron chi connectivity index (χ1n) is 10.3. The molecule has 0 saturated carbocycles. The van der Waals surface area contributed by atoms with Crippen LogP contribution in [0.5, 0.6) is 5.88 Å². The molecular formula is C20H29N7O2. The number of amides is 1. The van der Waals surface area contributed by atoms with Crippen molar-refractivity contribution in [3.05, 3.63) is 23.5 Å². The van der Waals surface area contributed by atoms with Gasteiger partial charge in [-0.25, -0.2) is 4.98 Å². The highest BCUT2D eigenvalue weighted by Gasteiger charge is 2.27. The third kappa shape index (κ3) is 4.13. The fraction of sp³-hybridized carbons (Fsp3) is 0.600. The van der Waals surface area contributed by atoms with Crippen molar-refractivity contribution in [2.75, 3.05) is 56.2 Å². The van der Waals surface area contributed by atoms with Gasteiger partial charge in [0.2, 0.25) is 11.8 Å². The van der Waals surface area contributed by atoms with Crippen LogP contribution in [0.1, 0.15) is 35.3 Å². The lowest BCUT2D eigenvalue weighted by Gasteiger charge is -2.36. The lowest BCUT2D eigenvalue weighted by molar-refractivity contribution is 0.0743. The SMILES string of the molecule is COc1nn(C)cc1C(=O)N1CCN(c2cc(C)nc(N3CCCCC3)n2)CC1. The maximum Gasteiger partial charge on any atom is 0.261 e. The van der Waals surface area contributed by atoms with Gasteiger partial charge < -0.3 is 19.4 Å². The predicted octanol–water partition coefficient (Wildman–Crippen LogP) is 1.48. The molecule has 156 valence electrons. The van der Waals surface area contributed by atoms with Gasteiger partial charge in [-0.2, -0.15) is 4.98 Å². The van der Waals surface area contributed by atoms with Gasteiger partial charge in [0.15, 0.2) is 0 Å². The third-order valence-corrected chi connectivity index (χ3v) is 5.58. The number of carbonyl (C=O) groups excluding carboxylic acids is 1. The second kappa shape index (κ2) is 8.26. The Morgan fingerprint density at radius 3 is 2.41 bits per heavy atom. The highest BCUT2D eigenvalue weighted by Crippen LogP contribution is 2.23. The Morgan fingerprint density at radius 2 is 1.72 bits per heavy atom. The minimum absolute atomic E-state index is 0.0394. The van der Waals surface area contributed by atoms with Gasteiger partial charge in [0.05, 0.1) is 7.11 Å². The van der Waals surface area contributed by atoms with Crippen LogP contribution >= 0.6 is 0 Å². The zero-order chi connectivity index (χ0) is 20.4. The van der Waals surface area contributed by atoms with E-state index in [0.29, 0.717) is 24.5 Å². The van der Waals surface area contributed by atoms with E-state index in [4.69, 9.17) is 9.72 Å². The van der Waals surface area contributed by atoms with E-state index in [1.807, 2.05) is 17.9 Å². The van der Waals surface area contributed by atoms with Gasteiger partial charge in [-0.05, 0) is 26.2 Å². The zero-order valence-corrected chi connectivity index (χ0v) is 17.5. The standard InChI is InChI=1S/C20H29N7O2/c1-15-13-17(22-20(21-15)27-7-5-4-6-8-27)25-9-11-26(12-10-25)19(28)16-14-24(2)23-18(16)29-3/h13-14H,4-12H2,1-3H3. The van der Waals surface area contributed by atoms with Crippen LogP contribution in [-0.2, 0) is 7.05 Å². The highest BCUT2D eigenvalue weighted by molar-refractivity contribution is 5.96. The first kappa shape index (κ1) is 19.5. The smallest absolute Gasteiger partial charge is 0.261 e. The van der Waals surface area contributed by atoms with E-state index in [1.54, 1.807) is 17.9 Å². The third-order valence-electron chi connectivity index (χ3n) is 5.58. The number of aryl methyl sites for hydroxylation is 2. The molecule has 2 aromatic rings. The van der Waals surface area contributed by atoms with Crippen LogP contribution < -0.4 is 14.5 Å². The van der Waals surface area contributed by atoms with Crippen molar-refractivity contribution in [2.24, 2.45) is 7.05 Å². The number of piperazine rings is 1. The molecule has 0 aliphatic carbocycles. The quantitative estimate of drug-likeness (QED) is 0.770. The van der Waals surface area contributed by atoms with Crippen LogP contribution in [0.4, 0.5) is 11.8 Å². The molecule has 0 N–H and O–H groups in total. The fourth-order valence-electron chi connectivity index (χ4n) is 4.01. The molecule has 9 nitrogen and oxygen atoms in total. The highest BCUT2D eigenvalue weighted by atomic mass is 16.5. The summed E-state index contributed by atoms with van der Waals surface area (Å²) in [6, 6.07) is 2.04. The van der Waals surface area contributed by atoms with E-state index in [0.717, 1.165) is 43.6 Å². The second-order valence-electron chi connectivity index (χ2n) is 7.72. The molecule has 9 heteroatoms. The Bertz CT molecular complexity index is 868. The van der Waals surface area contributed by atoms with Crippen molar-refractivity contribution in [3.8, 4) is 5.88 Å². The fourth-order valence-corrected chi connectivity index (χ4v) is 4.01. The minimum Gasteiger partial charge on any atom is -0.479 e. The molecule has 2 aromatic heterocycles. The summed E-state index contributed by atoms with van der Waals surface area (Å²) in [6.45, 7) is 6.83. The van der Waals surface area contributed by atoms with Crippen LogP contribution in [0, 0.1) is 6.92 Å². The van der Waals surface area contributed by atoms with Crippen molar-refractivity contribution in [1.29, 1.82) is 0 Å². The summed E-state index contributed by atoms with van der Waals surface area (Å²) in [5, 5.41) is 4.19. The summed E-state index contributed by atoms with van der Waals surface area (Å²) in [4.78, 5) is 28.8. The maximum absolute atomic E-state index is 12.9. The van der Waals surface area contributed by atoms with Crippen molar-refractivity contribution in [2.45, 2.75) is 26.2 Å². The van der Waals surface area contributed by atoms with E-state index in [2.05, 4.69) is 19.9 Å². The first-order valence-corrected chi connectivity index (χ1v) is 10.3. The Labute approximate surface area is 171 Å². The predicted molar refractivity (Wildman–Crippen MR) is 111 cm³/mol. The molecule has 4 heterocycles. The largest absolute Gasteiger partial charge is 0.479 e. The van der Waals surface area contributed by atoms with Gasteiger partial charge in [0.1, 0.15) is 11.4 Å². The molecule has 2 aliphatic rings. The van der Waals surface area contributed by atoms with Crippen molar-refractivity contribution >= 4 is 17.7 Å². The summed E-state index contributed by atoms with van der Waals surface area (Å²) in [5.74, 6) is 2.11. The van der Waals surface area contributed by atoms with E-state index >= 15 is 0 Å². The molecule has 0 radical (unpaired) electrons. The van der Waals surface area contributed by atoms with Gasteiger partial charge >= 0.3 is 0 Å². The van der Waals surface area contributed by atoms with Gasteiger partial charge in [0, 0.05) is 64.3 Å². The number of methoxy groups -OCH3 is 1. The average molecular weight is 399 g/mol. The molecule has 29 heavy (non-hydrogen) atoms. The summed E-state index contributed by atoms with van der Waals surface area (Å²) in [5.41, 5.74) is 1.49. The monoisotopic (exact) mass is 399 g/mol. The number of anilines is 2. The van der Waals surface area contributed by atoms with Crippen LogP contribution in [-0.4, -0.2) is 76.9 Å². The Hall–Kier alpha value is -2.84. The van der Waals surface area contributed by atoms with Crippen molar-refractivity contribution < 1.29 is 9.53 Å². The van der Waals surface area contributed by atoms with E-state index < -0.39 is 0 Å². The van der Waals surface area contributed by atoms with Gasteiger partial charge in [0.25, 0.3) is 5.91 Å². The molecule has 2 aliphatic heterocycles. The number of hydrogen-bond donors (Lipinski definition) is 0. The number of piperidine rings is 1. The van der Waals surface area contributed by atoms with Gasteiger partial charge in [-0.1, -0.05) is 0 Å². The number of aromatic nitrogens is 4. The van der Waals surface area contributed by atoms with E-state index in [1.165, 1.54) is 26.4 Å². The minimum atomic E-state index is -0.0394. The Kier molecular flexibility index (Phi) is 5.55. The van der Waals surface area contributed by atoms with Crippen LogP contribution in [0.15, 0.2) is 12.3 Å². The summed E-state index contributed by atoms with van der Waals surface area (Å²) in [6.07, 6.45) is 5.40. The van der Waals surface area contributed by atoms with Crippen LogP contribution in [0.25, 0.3) is 0 Å². The average Bonchev–Trinajstić information content (AvgIpc) is 3.14. The number of rotatable bonds is 4. The lowest BCUT2D eigenvalue weighted by atomic mass is 10.1. The number of nitrogens with zero attached hydrogens (tertiary/aromatic N) is 7. The molecule has 2 saturated heterocycles. The lowest BCUT2D eigenvalue weighted by Crippen LogP contribution is -2.49. The molecule has 2 fully saturated rings. The van der Waals surface area contributed by atoms with E-state index in [-0.39, 0.29) is 5.91 Å². The zero-order valence-electron chi connectivity index (χ0n) is 17.5. The maximum atomic E-state index is 12.9. The molecular weight excluding hydrogens is 370 g/mol. The van der Waals surface area contributed by atoms with Gasteiger partial charge in [-0.15, -0.1) is 5.10 Å². The normalized spacial score (nSPS) is 17.6. The molecule has 0 atom stereocenters. The molecule has 0 aromatic carbocycles. The molecule has 0 unspecified atom stereocenters. The summed E-state index contributed by atoms with van der Waals surface area (Å²) in [7, 11) is 3.32. The number of ether oxygens (including phenoxy) is 1. The number of carbonyl (C=O) groups is 1. The Balaban J connectivity index is 1.44. The van der Waals surface area contributed by atoms with Gasteiger partial charge in [-0.3, -0.25) is 9.48 Å². The molecule has 4 rings (SSSR count). The van der Waals surface area contributed by atoms with Crippen molar-refractivity contribution in [1.82, 2.24) is 24.6 Å². The Morgan fingerprint density at radius 1 is 1.00 bits per heavy atom. The number of hydrogen-bond acceptors (Lipinski definition) is 7. The summed E-state index contributed by atoms with van der Waals surface area (Å²) < 4.78 is 6.85. The topological polar surface area (TPSA) is 79.6 Å². The molecule has 1 amide bonds. The first-order chi connectivity index (χ1) is 14.0. The molecule has 0 bridgehead atoms.